The SMILES string of the molecule is CCCCOc1ccc(S(C)(=O)=O)cc1C(=N)SC.I. The highest BCUT2D eigenvalue weighted by Gasteiger charge is 2.14. The molecule has 114 valence electrons. The van der Waals surface area contributed by atoms with Crippen LogP contribution in [-0.4, -0.2) is 32.6 Å². The van der Waals surface area contributed by atoms with Gasteiger partial charge in [-0.15, -0.1) is 35.7 Å². The third kappa shape index (κ3) is 5.61. The highest BCUT2D eigenvalue weighted by Crippen LogP contribution is 2.26. The summed E-state index contributed by atoms with van der Waals surface area (Å²) in [5.74, 6) is 0.570. The second kappa shape index (κ2) is 8.89. The molecule has 7 heteroatoms. The van der Waals surface area contributed by atoms with E-state index in [1.165, 1.54) is 23.9 Å². The summed E-state index contributed by atoms with van der Waals surface area (Å²) in [4.78, 5) is 0.212. The fraction of sp³-hybridized carbons (Fsp3) is 0.462. The van der Waals surface area contributed by atoms with E-state index in [-0.39, 0.29) is 28.9 Å². The lowest BCUT2D eigenvalue weighted by molar-refractivity contribution is 0.308. The van der Waals surface area contributed by atoms with E-state index in [2.05, 4.69) is 6.92 Å². The Hall–Kier alpha value is -0.280. The summed E-state index contributed by atoms with van der Waals surface area (Å²) < 4.78 is 28.7. The van der Waals surface area contributed by atoms with E-state index in [0.717, 1.165) is 19.1 Å². The largest absolute Gasteiger partial charge is 0.493 e. The van der Waals surface area contributed by atoms with Crippen LogP contribution in [0.2, 0.25) is 0 Å². The molecule has 0 aliphatic carbocycles. The van der Waals surface area contributed by atoms with Gasteiger partial charge in [0.1, 0.15) is 5.75 Å². The van der Waals surface area contributed by atoms with Crippen molar-refractivity contribution in [3.8, 4) is 5.75 Å². The van der Waals surface area contributed by atoms with Crippen LogP contribution in [-0.2, 0) is 9.84 Å². The minimum Gasteiger partial charge on any atom is -0.493 e. The Morgan fingerprint density at radius 1 is 1.40 bits per heavy atom. The van der Waals surface area contributed by atoms with Gasteiger partial charge in [0.15, 0.2) is 9.84 Å². The van der Waals surface area contributed by atoms with Crippen molar-refractivity contribution in [1.29, 1.82) is 5.41 Å². The molecule has 1 aromatic carbocycles. The molecule has 0 bridgehead atoms. The average Bonchev–Trinajstić information content (AvgIpc) is 2.37. The van der Waals surface area contributed by atoms with Crippen LogP contribution in [0, 0.1) is 5.41 Å². The monoisotopic (exact) mass is 429 g/mol. The van der Waals surface area contributed by atoms with E-state index in [1.54, 1.807) is 12.3 Å². The van der Waals surface area contributed by atoms with Crippen molar-refractivity contribution >= 4 is 50.6 Å². The first-order chi connectivity index (χ1) is 8.90. The zero-order valence-corrected chi connectivity index (χ0v) is 15.8. The van der Waals surface area contributed by atoms with Crippen molar-refractivity contribution in [2.75, 3.05) is 19.1 Å². The lowest BCUT2D eigenvalue weighted by atomic mass is 10.2. The van der Waals surface area contributed by atoms with Crippen LogP contribution in [0.25, 0.3) is 0 Å². The van der Waals surface area contributed by atoms with Crippen molar-refractivity contribution in [3.05, 3.63) is 23.8 Å². The van der Waals surface area contributed by atoms with E-state index < -0.39 is 9.84 Å². The Bertz CT molecular complexity index is 559. The van der Waals surface area contributed by atoms with Gasteiger partial charge >= 0.3 is 0 Å². The van der Waals surface area contributed by atoms with Gasteiger partial charge in [0.05, 0.1) is 16.5 Å². The molecule has 1 N–H and O–H groups in total. The number of unbranched alkanes of at least 4 members (excludes halogenated alkanes) is 1. The van der Waals surface area contributed by atoms with Crippen molar-refractivity contribution in [2.24, 2.45) is 0 Å². The maximum Gasteiger partial charge on any atom is 0.175 e. The summed E-state index contributed by atoms with van der Waals surface area (Å²) in [6.07, 6.45) is 4.90. The van der Waals surface area contributed by atoms with E-state index in [0.29, 0.717) is 23.0 Å². The second-order valence-corrected chi connectivity index (χ2v) is 7.00. The lowest BCUT2D eigenvalue weighted by Crippen LogP contribution is -2.05. The van der Waals surface area contributed by atoms with Gasteiger partial charge in [0, 0.05) is 11.8 Å². The molecule has 1 aromatic rings. The van der Waals surface area contributed by atoms with Gasteiger partial charge in [-0.05, 0) is 30.9 Å². The number of nitrogens with one attached hydrogen (secondary N) is 1. The van der Waals surface area contributed by atoms with Crippen LogP contribution in [0.15, 0.2) is 23.1 Å². The normalized spacial score (nSPS) is 10.8. The van der Waals surface area contributed by atoms with E-state index in [4.69, 9.17) is 10.1 Å². The molecule has 1 rings (SSSR count). The fourth-order valence-corrected chi connectivity index (χ4v) is 2.51. The van der Waals surface area contributed by atoms with Crippen LogP contribution in [0.5, 0.6) is 5.75 Å². The molecule has 0 heterocycles. The number of benzene rings is 1. The van der Waals surface area contributed by atoms with Gasteiger partial charge in [-0.1, -0.05) is 13.3 Å². The number of thioether (sulfide) groups is 1. The maximum absolute atomic E-state index is 11.5. The molecule has 0 aromatic heterocycles. The fourth-order valence-electron chi connectivity index (χ4n) is 1.48. The molecule has 0 amide bonds. The third-order valence-corrected chi connectivity index (χ3v) is 4.32. The predicted molar refractivity (Wildman–Crippen MR) is 95.7 cm³/mol. The molecule has 0 spiro atoms. The van der Waals surface area contributed by atoms with Gasteiger partial charge < -0.3 is 4.74 Å². The molecule has 0 atom stereocenters. The second-order valence-electron chi connectivity index (χ2n) is 4.17. The molecular weight excluding hydrogens is 409 g/mol. The number of halogens is 1. The summed E-state index contributed by atoms with van der Waals surface area (Å²) in [7, 11) is -3.27. The Kier molecular flexibility index (Phi) is 8.76. The van der Waals surface area contributed by atoms with Crippen molar-refractivity contribution in [1.82, 2.24) is 0 Å². The van der Waals surface area contributed by atoms with Gasteiger partial charge in [0.25, 0.3) is 0 Å². The van der Waals surface area contributed by atoms with E-state index in [9.17, 15) is 8.42 Å². The minimum atomic E-state index is -3.27. The van der Waals surface area contributed by atoms with Crippen LogP contribution in [0.3, 0.4) is 0 Å². The molecule has 0 saturated carbocycles. The molecule has 0 aliphatic rings. The Balaban J connectivity index is 0.00000361. The molecular formula is C13H20INO3S2. The number of sulfone groups is 1. The van der Waals surface area contributed by atoms with Gasteiger partial charge in [0.2, 0.25) is 0 Å². The van der Waals surface area contributed by atoms with Crippen LogP contribution >= 0.6 is 35.7 Å². The highest BCUT2D eigenvalue weighted by molar-refractivity contribution is 14.0. The van der Waals surface area contributed by atoms with Gasteiger partial charge in [-0.3, -0.25) is 5.41 Å². The Morgan fingerprint density at radius 3 is 2.55 bits per heavy atom. The third-order valence-electron chi connectivity index (χ3n) is 2.58. The summed E-state index contributed by atoms with van der Waals surface area (Å²) in [6, 6.07) is 4.66. The Morgan fingerprint density at radius 2 is 2.05 bits per heavy atom. The highest BCUT2D eigenvalue weighted by atomic mass is 127. The molecule has 0 fully saturated rings. The number of ether oxygens (including phenoxy) is 1. The quantitative estimate of drug-likeness (QED) is 0.325. The average molecular weight is 429 g/mol. The Labute approximate surface area is 142 Å². The molecule has 0 unspecified atom stereocenters. The van der Waals surface area contributed by atoms with Gasteiger partial charge in [-0.2, -0.15) is 0 Å². The maximum atomic E-state index is 11.5. The molecule has 0 radical (unpaired) electrons. The molecule has 0 saturated heterocycles. The van der Waals surface area contributed by atoms with E-state index >= 15 is 0 Å². The number of hydrogen-bond acceptors (Lipinski definition) is 5. The first-order valence-corrected chi connectivity index (χ1v) is 9.11. The molecule has 4 nitrogen and oxygen atoms in total. The summed E-state index contributed by atoms with van der Waals surface area (Å²) in [6.45, 7) is 2.64. The van der Waals surface area contributed by atoms with E-state index in [1.807, 2.05) is 0 Å². The first kappa shape index (κ1) is 19.7. The van der Waals surface area contributed by atoms with Crippen LogP contribution in [0.4, 0.5) is 0 Å². The smallest absolute Gasteiger partial charge is 0.175 e. The number of hydrogen-bond donors (Lipinski definition) is 1. The standard InChI is InChI=1S/C13H19NO3S2.HI/c1-4-5-8-17-12-7-6-10(19(3,15)16)9-11(12)13(14)18-2;/h6-7,9,14H,4-5,8H2,1-3H3;1H. The number of rotatable bonds is 6. The predicted octanol–water partition coefficient (Wildman–Crippen LogP) is 3.58. The van der Waals surface area contributed by atoms with Crippen molar-refractivity contribution < 1.29 is 13.2 Å². The zero-order valence-electron chi connectivity index (χ0n) is 11.8. The van der Waals surface area contributed by atoms with Crippen LogP contribution in [0.1, 0.15) is 25.3 Å². The topological polar surface area (TPSA) is 67.2 Å². The summed E-state index contributed by atoms with van der Waals surface area (Å²) in [5, 5.41) is 8.19. The minimum absolute atomic E-state index is 0. The van der Waals surface area contributed by atoms with Crippen molar-refractivity contribution in [2.45, 2.75) is 24.7 Å². The van der Waals surface area contributed by atoms with Crippen LogP contribution < -0.4 is 4.74 Å². The molecule has 0 aliphatic heterocycles. The lowest BCUT2D eigenvalue weighted by Gasteiger charge is -2.12. The zero-order chi connectivity index (χ0) is 14.5. The summed E-state index contributed by atoms with van der Waals surface area (Å²) >= 11 is 1.26. The van der Waals surface area contributed by atoms with Crippen molar-refractivity contribution in [3.63, 3.8) is 0 Å². The van der Waals surface area contributed by atoms with Gasteiger partial charge in [-0.25, -0.2) is 8.42 Å². The molecule has 20 heavy (non-hydrogen) atoms. The first-order valence-electron chi connectivity index (χ1n) is 6.00. The summed E-state index contributed by atoms with van der Waals surface area (Å²) in [5.41, 5.74) is 0.534.